The van der Waals surface area contributed by atoms with Crippen LogP contribution in [-0.2, 0) is 10.7 Å². The zero-order valence-corrected chi connectivity index (χ0v) is 13.4. The maximum Gasteiger partial charge on any atom is 0.303 e. The number of halogens is 3. The number of rotatable bonds is 6. The van der Waals surface area contributed by atoms with Gasteiger partial charge < -0.3 is 14.6 Å². The average molecular weight is 351 g/mol. The Hall–Kier alpha value is -1.60. The summed E-state index contributed by atoms with van der Waals surface area (Å²) in [5, 5.41) is 9.17. The molecule has 0 aliphatic carbocycles. The Morgan fingerprint density at radius 1 is 1.36 bits per heavy atom. The monoisotopic (exact) mass is 350 g/mol. The Kier molecular flexibility index (Phi) is 4.77. The maximum atomic E-state index is 14.1. The molecule has 0 amide bonds. The van der Waals surface area contributed by atoms with Gasteiger partial charge in [-0.05, 0) is 6.07 Å². The van der Waals surface area contributed by atoms with Crippen LogP contribution in [0.15, 0.2) is 12.1 Å². The summed E-state index contributed by atoms with van der Waals surface area (Å²) in [5.41, 5.74) is 0. The molecule has 4 nitrogen and oxygen atoms in total. The van der Waals surface area contributed by atoms with Crippen molar-refractivity contribution in [3.05, 3.63) is 22.0 Å². The van der Waals surface area contributed by atoms with Crippen LogP contribution in [0.25, 0.3) is 10.1 Å². The van der Waals surface area contributed by atoms with E-state index in [0.29, 0.717) is 15.8 Å². The number of ether oxygens (including phenoxy) is 2. The third kappa shape index (κ3) is 3.10. The van der Waals surface area contributed by atoms with Crippen molar-refractivity contribution in [3.63, 3.8) is 0 Å². The number of thiophene rings is 1. The van der Waals surface area contributed by atoms with Gasteiger partial charge in [-0.1, -0.05) is 11.6 Å². The molecule has 0 radical (unpaired) electrons. The predicted octanol–water partition coefficient (Wildman–Crippen LogP) is 4.53. The molecule has 22 heavy (non-hydrogen) atoms. The normalized spacial score (nSPS) is 11.7. The van der Waals surface area contributed by atoms with Gasteiger partial charge in [-0.15, -0.1) is 11.3 Å². The zero-order valence-electron chi connectivity index (χ0n) is 11.8. The highest BCUT2D eigenvalue weighted by molar-refractivity contribution is 7.19. The van der Waals surface area contributed by atoms with Crippen molar-refractivity contribution in [2.75, 3.05) is 14.2 Å². The molecule has 0 saturated heterocycles. The van der Waals surface area contributed by atoms with Crippen LogP contribution in [0.4, 0.5) is 8.78 Å². The summed E-state index contributed by atoms with van der Waals surface area (Å²) in [6.07, 6.45) is -1.37. The van der Waals surface area contributed by atoms with Crippen molar-refractivity contribution >= 4 is 39.0 Å². The number of carbonyl (C=O) groups is 1. The van der Waals surface area contributed by atoms with Crippen LogP contribution < -0.4 is 9.47 Å². The smallest absolute Gasteiger partial charge is 0.303 e. The Balaban J connectivity index is 2.50. The first kappa shape index (κ1) is 16.8. The van der Waals surface area contributed by atoms with E-state index in [0.717, 1.165) is 11.3 Å². The topological polar surface area (TPSA) is 55.8 Å². The van der Waals surface area contributed by atoms with Crippen molar-refractivity contribution in [3.8, 4) is 11.5 Å². The molecular weight excluding hydrogens is 338 g/mol. The molecule has 120 valence electrons. The molecule has 0 unspecified atom stereocenters. The molecule has 0 aliphatic rings. The molecule has 0 atom stereocenters. The summed E-state index contributed by atoms with van der Waals surface area (Å²) in [6.45, 7) is 0. The molecular formula is C14H13ClF2O4S. The first-order valence-corrected chi connectivity index (χ1v) is 7.43. The Morgan fingerprint density at radius 3 is 2.59 bits per heavy atom. The fraction of sp³-hybridized carbons (Fsp3) is 0.357. The van der Waals surface area contributed by atoms with E-state index in [1.165, 1.54) is 20.3 Å². The van der Waals surface area contributed by atoms with Gasteiger partial charge in [0.15, 0.2) is 11.5 Å². The van der Waals surface area contributed by atoms with Gasteiger partial charge in [-0.3, -0.25) is 4.79 Å². The number of alkyl halides is 2. The second kappa shape index (κ2) is 6.26. The van der Waals surface area contributed by atoms with E-state index in [1.807, 2.05) is 0 Å². The molecule has 0 aliphatic heterocycles. The molecule has 0 bridgehead atoms. The standard InChI is InChI=1S/C14H13ClF2O4S/c1-20-8-6-9-7(12(15)13(8)21-2)5-10(22-9)14(16,17)4-3-11(18)19/h5-6H,3-4H2,1-2H3,(H,18,19). The number of fused-ring (bicyclic) bond motifs is 1. The second-order valence-corrected chi connectivity index (χ2v) is 6.01. The fourth-order valence-corrected chi connectivity index (χ4v) is 3.49. The Morgan fingerprint density at radius 2 is 2.05 bits per heavy atom. The first-order chi connectivity index (χ1) is 10.3. The lowest BCUT2D eigenvalue weighted by Crippen LogP contribution is -2.13. The molecule has 1 heterocycles. The van der Waals surface area contributed by atoms with E-state index in [4.69, 9.17) is 26.2 Å². The molecule has 1 aromatic heterocycles. The zero-order chi connectivity index (χ0) is 16.5. The van der Waals surface area contributed by atoms with E-state index in [-0.39, 0.29) is 15.6 Å². The third-order valence-electron chi connectivity index (χ3n) is 3.12. The number of carboxylic acid groups (broad SMARTS) is 1. The van der Waals surface area contributed by atoms with Crippen molar-refractivity contribution < 1.29 is 28.2 Å². The minimum Gasteiger partial charge on any atom is -0.493 e. The molecule has 0 saturated carbocycles. The predicted molar refractivity (Wildman–Crippen MR) is 80.7 cm³/mol. The molecule has 8 heteroatoms. The van der Waals surface area contributed by atoms with E-state index >= 15 is 0 Å². The summed E-state index contributed by atoms with van der Waals surface area (Å²) >= 11 is 7.04. The fourth-order valence-electron chi connectivity index (χ4n) is 2.01. The molecule has 2 rings (SSSR count). The molecule has 1 N–H and O–H groups in total. The van der Waals surface area contributed by atoms with E-state index in [9.17, 15) is 13.6 Å². The number of hydrogen-bond donors (Lipinski definition) is 1. The van der Waals surface area contributed by atoms with Crippen LogP contribution in [0.3, 0.4) is 0 Å². The summed E-state index contributed by atoms with van der Waals surface area (Å²) in [7, 11) is 2.83. The highest BCUT2D eigenvalue weighted by Crippen LogP contribution is 2.47. The average Bonchev–Trinajstić information content (AvgIpc) is 2.90. The van der Waals surface area contributed by atoms with Crippen LogP contribution in [-0.4, -0.2) is 25.3 Å². The van der Waals surface area contributed by atoms with Crippen LogP contribution in [0.1, 0.15) is 17.7 Å². The SMILES string of the molecule is COc1cc2sc(C(F)(F)CCC(=O)O)cc2c(Cl)c1OC. The molecule has 0 spiro atoms. The van der Waals surface area contributed by atoms with Gasteiger partial charge in [0, 0.05) is 22.6 Å². The summed E-state index contributed by atoms with van der Waals surface area (Å²) in [5.74, 6) is -3.87. The minimum atomic E-state index is -3.23. The Bertz CT molecular complexity index is 714. The largest absolute Gasteiger partial charge is 0.493 e. The lowest BCUT2D eigenvalue weighted by atomic mass is 10.1. The van der Waals surface area contributed by atoms with E-state index in [1.54, 1.807) is 6.07 Å². The summed E-state index contributed by atoms with van der Waals surface area (Å²) in [4.78, 5) is 10.3. The van der Waals surface area contributed by atoms with Crippen LogP contribution in [0.2, 0.25) is 5.02 Å². The van der Waals surface area contributed by atoms with Gasteiger partial charge >= 0.3 is 5.97 Å². The molecule has 2 aromatic rings. The molecule has 0 fully saturated rings. The summed E-state index contributed by atoms with van der Waals surface area (Å²) in [6, 6.07) is 2.84. The van der Waals surface area contributed by atoms with E-state index < -0.39 is 24.7 Å². The van der Waals surface area contributed by atoms with Crippen LogP contribution in [0.5, 0.6) is 11.5 Å². The molecule has 1 aromatic carbocycles. The van der Waals surface area contributed by atoms with E-state index in [2.05, 4.69) is 0 Å². The van der Waals surface area contributed by atoms with Gasteiger partial charge in [0.25, 0.3) is 5.92 Å². The number of benzene rings is 1. The Labute approximate surface area is 134 Å². The van der Waals surface area contributed by atoms with Crippen LogP contribution >= 0.6 is 22.9 Å². The lowest BCUT2D eigenvalue weighted by Gasteiger charge is -2.12. The van der Waals surface area contributed by atoms with Crippen LogP contribution in [0, 0.1) is 0 Å². The lowest BCUT2D eigenvalue weighted by molar-refractivity contribution is -0.139. The van der Waals surface area contributed by atoms with Crippen molar-refractivity contribution in [1.82, 2.24) is 0 Å². The first-order valence-electron chi connectivity index (χ1n) is 6.24. The maximum absolute atomic E-state index is 14.1. The van der Waals surface area contributed by atoms with Gasteiger partial charge in [-0.2, -0.15) is 0 Å². The highest BCUT2D eigenvalue weighted by atomic mass is 35.5. The third-order valence-corrected chi connectivity index (χ3v) is 4.69. The summed E-state index contributed by atoms with van der Waals surface area (Å²) < 4.78 is 39.0. The van der Waals surface area contributed by atoms with Crippen molar-refractivity contribution in [2.24, 2.45) is 0 Å². The number of carboxylic acids is 1. The van der Waals surface area contributed by atoms with Crippen molar-refractivity contribution in [2.45, 2.75) is 18.8 Å². The van der Waals surface area contributed by atoms with Gasteiger partial charge in [0.2, 0.25) is 0 Å². The quantitative estimate of drug-likeness (QED) is 0.831. The van der Waals surface area contributed by atoms with Gasteiger partial charge in [0.1, 0.15) is 0 Å². The second-order valence-electron chi connectivity index (χ2n) is 4.55. The number of aliphatic carboxylic acids is 1. The number of methoxy groups -OCH3 is 2. The van der Waals surface area contributed by atoms with Gasteiger partial charge in [0.05, 0.1) is 30.5 Å². The number of hydrogen-bond acceptors (Lipinski definition) is 4. The minimum absolute atomic E-state index is 0.188. The van der Waals surface area contributed by atoms with Crippen molar-refractivity contribution in [1.29, 1.82) is 0 Å². The van der Waals surface area contributed by atoms with Gasteiger partial charge in [-0.25, -0.2) is 8.78 Å². The highest BCUT2D eigenvalue weighted by Gasteiger charge is 2.34.